The number of likely N-dealkylation sites (tertiary alicyclic amines) is 1. The molecule has 1 aliphatic carbocycles. The van der Waals surface area contributed by atoms with E-state index in [1.54, 1.807) is 0 Å². The molecule has 0 saturated carbocycles. The quantitative estimate of drug-likeness (QED) is 0.594. The Morgan fingerprint density at radius 3 is 2.52 bits per heavy atom. The highest BCUT2D eigenvalue weighted by Crippen LogP contribution is 2.38. The van der Waals surface area contributed by atoms with Gasteiger partial charge in [-0.1, -0.05) is 48.5 Å². The van der Waals surface area contributed by atoms with E-state index in [0.29, 0.717) is 5.78 Å². The van der Waals surface area contributed by atoms with Crippen molar-refractivity contribution in [1.82, 2.24) is 9.88 Å². The van der Waals surface area contributed by atoms with E-state index in [2.05, 4.69) is 46.6 Å². The summed E-state index contributed by atoms with van der Waals surface area (Å²) in [4.78, 5) is 20.7. The Balaban J connectivity index is 1.19. The first-order chi connectivity index (χ1) is 15.2. The van der Waals surface area contributed by atoms with Crippen LogP contribution in [0.2, 0.25) is 0 Å². The van der Waals surface area contributed by atoms with Gasteiger partial charge in [-0.25, -0.2) is 0 Å². The lowest BCUT2D eigenvalue weighted by Crippen LogP contribution is -2.33. The topological polar surface area (TPSA) is 45.2 Å². The lowest BCUT2D eigenvalue weighted by atomic mass is 9.87. The fourth-order valence-electron chi connectivity index (χ4n) is 5.41. The highest BCUT2D eigenvalue weighted by Gasteiger charge is 2.35. The molecule has 0 bridgehead atoms. The number of carbonyl (C=O) groups is 1. The molecule has 4 nitrogen and oxygen atoms in total. The minimum atomic E-state index is 0.0914. The van der Waals surface area contributed by atoms with Crippen molar-refractivity contribution in [2.45, 2.75) is 38.6 Å². The summed E-state index contributed by atoms with van der Waals surface area (Å²) in [5, 5.41) is 4.33. The zero-order chi connectivity index (χ0) is 21.2. The van der Waals surface area contributed by atoms with E-state index in [1.807, 2.05) is 25.2 Å². The summed E-state index contributed by atoms with van der Waals surface area (Å²) in [5.41, 5.74) is 5.15. The van der Waals surface area contributed by atoms with Crippen molar-refractivity contribution >= 4 is 22.4 Å². The smallest absolute Gasteiger partial charge is 0.170 e. The number of ketones is 1. The van der Waals surface area contributed by atoms with Gasteiger partial charge in [0.1, 0.15) is 0 Å². The molecule has 0 amide bonds. The minimum Gasteiger partial charge on any atom is -0.387 e. The molecule has 1 aromatic heterocycles. The van der Waals surface area contributed by atoms with Crippen LogP contribution in [-0.4, -0.2) is 35.8 Å². The van der Waals surface area contributed by atoms with Crippen molar-refractivity contribution in [3.63, 3.8) is 0 Å². The third kappa shape index (κ3) is 4.09. The van der Waals surface area contributed by atoms with Crippen molar-refractivity contribution in [3.05, 3.63) is 71.4 Å². The predicted octanol–water partition coefficient (Wildman–Crippen LogP) is 5.32. The number of nitrogens with one attached hydrogen (secondary N) is 1. The molecule has 0 spiro atoms. The van der Waals surface area contributed by atoms with Crippen molar-refractivity contribution in [3.8, 4) is 0 Å². The molecule has 5 rings (SSSR count). The Hall–Kier alpha value is -2.72. The van der Waals surface area contributed by atoms with Gasteiger partial charge in [-0.3, -0.25) is 14.7 Å². The van der Waals surface area contributed by atoms with Crippen LogP contribution in [0.25, 0.3) is 10.9 Å². The van der Waals surface area contributed by atoms with Gasteiger partial charge in [-0.2, -0.15) is 0 Å². The Morgan fingerprint density at radius 2 is 1.74 bits per heavy atom. The van der Waals surface area contributed by atoms with Crippen molar-refractivity contribution in [2.24, 2.45) is 11.8 Å². The second kappa shape index (κ2) is 8.80. The molecule has 2 aliphatic rings. The van der Waals surface area contributed by atoms with Gasteiger partial charge in [-0.05, 0) is 56.3 Å². The van der Waals surface area contributed by atoms with Gasteiger partial charge in [0.2, 0.25) is 0 Å². The normalized spacial score (nSPS) is 19.6. The van der Waals surface area contributed by atoms with E-state index >= 15 is 0 Å². The van der Waals surface area contributed by atoms with Gasteiger partial charge in [-0.15, -0.1) is 0 Å². The largest absolute Gasteiger partial charge is 0.387 e. The van der Waals surface area contributed by atoms with Crippen LogP contribution in [0.1, 0.15) is 47.3 Å². The highest BCUT2D eigenvalue weighted by atomic mass is 16.1. The lowest BCUT2D eigenvalue weighted by molar-refractivity contribution is 0.0920. The molecule has 1 aliphatic heterocycles. The molecule has 1 saturated heterocycles. The Morgan fingerprint density at radius 1 is 1.00 bits per heavy atom. The number of hydrogen-bond donors (Lipinski definition) is 1. The molecule has 2 aromatic carbocycles. The SMILES string of the molecule is CNc1c2c(nc3ccccc13)CC(CCC1CCN(Cc3ccccc3)CC1)C2=O. The number of pyridine rings is 1. The van der Waals surface area contributed by atoms with E-state index < -0.39 is 0 Å². The van der Waals surface area contributed by atoms with Crippen LogP contribution in [0, 0.1) is 11.8 Å². The van der Waals surface area contributed by atoms with Crippen molar-refractivity contribution in [2.75, 3.05) is 25.5 Å². The standard InChI is InChI=1S/C27H31N3O/c1-28-26-22-9-5-6-10-23(22)29-24-17-21(27(31)25(24)26)12-11-19-13-15-30(16-14-19)18-20-7-3-2-4-8-20/h2-10,19,21H,11-18H2,1H3,(H,28,29). The Labute approximate surface area is 184 Å². The van der Waals surface area contributed by atoms with Gasteiger partial charge >= 0.3 is 0 Å². The van der Waals surface area contributed by atoms with Crippen LogP contribution in [0.5, 0.6) is 0 Å². The lowest BCUT2D eigenvalue weighted by Gasteiger charge is -2.32. The number of rotatable bonds is 6. The van der Waals surface area contributed by atoms with E-state index in [9.17, 15) is 4.79 Å². The molecule has 2 heterocycles. The number of Topliss-reactive ketones (excluding diaryl/α,β-unsaturated/α-hetero) is 1. The third-order valence-corrected chi connectivity index (χ3v) is 7.15. The number of hydrogen-bond acceptors (Lipinski definition) is 4. The number of fused-ring (bicyclic) bond motifs is 2. The molecule has 0 radical (unpaired) electrons. The van der Waals surface area contributed by atoms with Crippen molar-refractivity contribution < 1.29 is 4.79 Å². The van der Waals surface area contributed by atoms with Crippen LogP contribution in [-0.2, 0) is 13.0 Å². The number of aromatic nitrogens is 1. The summed E-state index contributed by atoms with van der Waals surface area (Å²) in [6, 6.07) is 18.9. The fourth-order valence-corrected chi connectivity index (χ4v) is 5.41. The van der Waals surface area contributed by atoms with Gasteiger partial charge in [0.15, 0.2) is 5.78 Å². The van der Waals surface area contributed by atoms with Crippen molar-refractivity contribution in [1.29, 1.82) is 0 Å². The van der Waals surface area contributed by atoms with Crippen LogP contribution < -0.4 is 5.32 Å². The number of benzene rings is 2. The summed E-state index contributed by atoms with van der Waals surface area (Å²) < 4.78 is 0. The van der Waals surface area contributed by atoms with E-state index in [0.717, 1.165) is 72.7 Å². The minimum absolute atomic E-state index is 0.0914. The summed E-state index contributed by atoms with van der Waals surface area (Å²) >= 11 is 0. The van der Waals surface area contributed by atoms with Gasteiger partial charge in [0.25, 0.3) is 0 Å². The summed E-state index contributed by atoms with van der Waals surface area (Å²) in [6.07, 6.45) is 5.41. The molecule has 1 fully saturated rings. The zero-order valence-electron chi connectivity index (χ0n) is 18.3. The van der Waals surface area contributed by atoms with E-state index in [4.69, 9.17) is 4.98 Å². The van der Waals surface area contributed by atoms with Gasteiger partial charge in [0.05, 0.1) is 22.5 Å². The molecule has 4 heteroatoms. The monoisotopic (exact) mass is 413 g/mol. The Kier molecular flexibility index (Phi) is 5.73. The first-order valence-electron chi connectivity index (χ1n) is 11.6. The number of piperidine rings is 1. The van der Waals surface area contributed by atoms with Gasteiger partial charge in [0, 0.05) is 31.3 Å². The third-order valence-electron chi connectivity index (χ3n) is 7.15. The van der Waals surface area contributed by atoms with Gasteiger partial charge < -0.3 is 5.32 Å². The first-order valence-corrected chi connectivity index (χ1v) is 11.6. The number of carbonyl (C=O) groups excluding carboxylic acids is 1. The van der Waals surface area contributed by atoms with E-state index in [-0.39, 0.29) is 5.92 Å². The maximum absolute atomic E-state index is 13.3. The molecule has 1 unspecified atom stereocenters. The molecule has 160 valence electrons. The van der Waals surface area contributed by atoms with Crippen LogP contribution in [0.4, 0.5) is 5.69 Å². The second-order valence-electron chi connectivity index (χ2n) is 9.12. The number of nitrogens with zero attached hydrogens (tertiary/aromatic N) is 2. The molecular formula is C27H31N3O. The first kappa shape index (κ1) is 20.2. The van der Waals surface area contributed by atoms with Crippen LogP contribution >= 0.6 is 0 Å². The average molecular weight is 414 g/mol. The summed E-state index contributed by atoms with van der Waals surface area (Å²) in [5.74, 6) is 1.12. The number of anilines is 1. The second-order valence-corrected chi connectivity index (χ2v) is 9.12. The zero-order valence-corrected chi connectivity index (χ0v) is 18.3. The molecule has 1 atom stereocenters. The molecule has 31 heavy (non-hydrogen) atoms. The summed E-state index contributed by atoms with van der Waals surface area (Å²) in [6.45, 7) is 3.38. The average Bonchev–Trinajstić information content (AvgIpc) is 3.13. The van der Waals surface area contributed by atoms with Crippen LogP contribution in [0.3, 0.4) is 0 Å². The Bertz CT molecular complexity index is 1070. The molecule has 1 N–H and O–H groups in total. The number of para-hydroxylation sites is 1. The summed E-state index contributed by atoms with van der Waals surface area (Å²) in [7, 11) is 1.91. The maximum Gasteiger partial charge on any atom is 0.170 e. The predicted molar refractivity (Wildman–Crippen MR) is 126 cm³/mol. The molecule has 3 aromatic rings. The fraction of sp³-hybridized carbons (Fsp3) is 0.407. The van der Waals surface area contributed by atoms with E-state index in [1.165, 1.54) is 18.4 Å². The molecular weight excluding hydrogens is 382 g/mol. The highest BCUT2D eigenvalue weighted by molar-refractivity contribution is 6.12. The van der Waals surface area contributed by atoms with Crippen LogP contribution in [0.15, 0.2) is 54.6 Å². The maximum atomic E-state index is 13.3.